The molecule has 3 aliphatic heterocycles. The number of carbonyl (C=O) groups excluding carboxylic acids is 2. The predicted molar refractivity (Wildman–Crippen MR) is 155 cm³/mol. The van der Waals surface area contributed by atoms with E-state index in [1.807, 2.05) is 36.4 Å². The Hall–Kier alpha value is -4.48. The number of anilines is 1. The molecule has 0 saturated heterocycles. The number of hydrogen-bond donors (Lipinski definition) is 1. The SMILES string of the molecule is CCOC(=O)C1=C(c2ccccc2)N=c2s/c(=C3\C(=O)Nc4ccc(Br)cc43)c(=O)n2[C@H]1c1ccc2c(c1)OCO2. The van der Waals surface area contributed by atoms with Gasteiger partial charge in [-0.05, 0) is 42.8 Å². The van der Waals surface area contributed by atoms with Crippen LogP contribution < -0.4 is 29.7 Å². The number of nitrogens with zero attached hydrogens (tertiary/aromatic N) is 2. The third-order valence-electron chi connectivity index (χ3n) is 7.01. The number of nitrogens with one attached hydrogen (secondary N) is 1. The van der Waals surface area contributed by atoms with Gasteiger partial charge in [-0.2, -0.15) is 0 Å². The van der Waals surface area contributed by atoms with Crippen LogP contribution in [0, 0.1) is 0 Å². The van der Waals surface area contributed by atoms with Gasteiger partial charge in [-0.15, -0.1) is 0 Å². The lowest BCUT2D eigenvalue weighted by molar-refractivity contribution is -0.138. The summed E-state index contributed by atoms with van der Waals surface area (Å²) in [5.74, 6) is 0.0977. The minimum Gasteiger partial charge on any atom is -0.463 e. The van der Waals surface area contributed by atoms with Crippen LogP contribution in [0.1, 0.15) is 29.7 Å². The average molecular weight is 630 g/mol. The number of fused-ring (bicyclic) bond motifs is 3. The molecule has 0 aliphatic carbocycles. The molecule has 41 heavy (non-hydrogen) atoms. The van der Waals surface area contributed by atoms with Gasteiger partial charge in [-0.25, -0.2) is 9.79 Å². The lowest BCUT2D eigenvalue weighted by atomic mass is 9.93. The molecule has 0 bridgehead atoms. The largest absolute Gasteiger partial charge is 0.463 e. The Bertz CT molecular complexity index is 2000. The molecular formula is C30H20BrN3O6S. The van der Waals surface area contributed by atoms with E-state index < -0.39 is 17.6 Å². The van der Waals surface area contributed by atoms with Gasteiger partial charge in [0, 0.05) is 21.3 Å². The summed E-state index contributed by atoms with van der Waals surface area (Å²) < 4.78 is 19.1. The van der Waals surface area contributed by atoms with Crippen molar-refractivity contribution in [3.8, 4) is 11.5 Å². The third kappa shape index (κ3) is 4.11. The van der Waals surface area contributed by atoms with Crippen molar-refractivity contribution in [1.82, 2.24) is 4.57 Å². The molecule has 0 fully saturated rings. The number of rotatable bonds is 4. The first-order chi connectivity index (χ1) is 19.9. The Morgan fingerprint density at radius 3 is 2.71 bits per heavy atom. The molecule has 0 unspecified atom stereocenters. The smallest absolute Gasteiger partial charge is 0.338 e. The number of halogens is 1. The molecule has 7 rings (SSSR count). The van der Waals surface area contributed by atoms with Gasteiger partial charge in [0.05, 0.1) is 29.5 Å². The van der Waals surface area contributed by atoms with Crippen molar-refractivity contribution in [1.29, 1.82) is 0 Å². The summed E-state index contributed by atoms with van der Waals surface area (Å²) in [7, 11) is 0. The molecule has 0 spiro atoms. The molecule has 4 aromatic rings. The molecule has 3 aromatic carbocycles. The Labute approximate surface area is 245 Å². The number of esters is 1. The van der Waals surface area contributed by atoms with Gasteiger partial charge < -0.3 is 19.5 Å². The van der Waals surface area contributed by atoms with E-state index >= 15 is 0 Å². The standard InChI is InChI=1S/C30H20BrN3O6S/c1-2-38-29(37)23-24(15-6-4-3-5-7-15)33-30-34(25(23)16-8-11-20-21(12-16)40-14-39-20)28(36)26(41-30)22-18-13-17(31)9-10-19(18)32-27(22)35/h3-13,25H,2,14H2,1H3,(H,32,35)/b26-22-/t25-/m0/s1. The van der Waals surface area contributed by atoms with E-state index in [1.54, 1.807) is 37.3 Å². The van der Waals surface area contributed by atoms with Crippen LogP contribution in [0.15, 0.2) is 86.6 Å². The summed E-state index contributed by atoms with van der Waals surface area (Å²) in [6.45, 7) is 1.94. The highest BCUT2D eigenvalue weighted by atomic mass is 79.9. The molecule has 3 aliphatic rings. The van der Waals surface area contributed by atoms with Crippen molar-refractivity contribution in [2.45, 2.75) is 13.0 Å². The summed E-state index contributed by atoms with van der Waals surface area (Å²) in [5, 5.41) is 2.85. The number of thiazole rings is 1. The molecule has 204 valence electrons. The van der Waals surface area contributed by atoms with Crippen molar-refractivity contribution >= 4 is 56.1 Å². The van der Waals surface area contributed by atoms with Crippen molar-refractivity contribution in [3.05, 3.63) is 113 Å². The Morgan fingerprint density at radius 2 is 1.90 bits per heavy atom. The normalized spacial score (nSPS) is 18.0. The van der Waals surface area contributed by atoms with Crippen LogP contribution in [0.25, 0.3) is 11.3 Å². The van der Waals surface area contributed by atoms with Crippen molar-refractivity contribution in [2.75, 3.05) is 18.7 Å². The molecule has 9 nitrogen and oxygen atoms in total. The molecule has 4 heterocycles. The lowest BCUT2D eigenvalue weighted by Crippen LogP contribution is -2.40. The highest BCUT2D eigenvalue weighted by molar-refractivity contribution is 9.10. The molecule has 0 radical (unpaired) electrons. The number of amides is 1. The second-order valence-corrected chi connectivity index (χ2v) is 11.3. The zero-order valence-electron chi connectivity index (χ0n) is 21.5. The maximum absolute atomic E-state index is 14.3. The monoisotopic (exact) mass is 629 g/mol. The van der Waals surface area contributed by atoms with Gasteiger partial charge in [-0.1, -0.05) is 63.7 Å². The molecule has 1 N–H and O–H groups in total. The zero-order chi connectivity index (χ0) is 28.2. The summed E-state index contributed by atoms with van der Waals surface area (Å²) in [6, 6.07) is 19.1. The second kappa shape index (κ2) is 9.86. The Morgan fingerprint density at radius 1 is 1.10 bits per heavy atom. The fourth-order valence-electron chi connectivity index (χ4n) is 5.25. The zero-order valence-corrected chi connectivity index (χ0v) is 23.9. The van der Waals surface area contributed by atoms with Gasteiger partial charge in [0.25, 0.3) is 11.5 Å². The van der Waals surface area contributed by atoms with Gasteiger partial charge in [0.1, 0.15) is 4.53 Å². The van der Waals surface area contributed by atoms with Gasteiger partial charge in [0.15, 0.2) is 16.3 Å². The van der Waals surface area contributed by atoms with Crippen molar-refractivity contribution in [2.24, 2.45) is 4.99 Å². The molecule has 1 aromatic heterocycles. The van der Waals surface area contributed by atoms with E-state index in [2.05, 4.69) is 21.2 Å². The van der Waals surface area contributed by atoms with Crippen LogP contribution in [0.5, 0.6) is 11.5 Å². The van der Waals surface area contributed by atoms with Crippen LogP contribution in [0.2, 0.25) is 0 Å². The Kier molecular flexibility index (Phi) is 6.13. The van der Waals surface area contributed by atoms with Crippen LogP contribution >= 0.6 is 27.3 Å². The Balaban J connectivity index is 1.57. The molecular weight excluding hydrogens is 610 g/mol. The predicted octanol–water partition coefficient (Wildman–Crippen LogP) is 3.75. The topological polar surface area (TPSA) is 108 Å². The van der Waals surface area contributed by atoms with Gasteiger partial charge >= 0.3 is 5.97 Å². The minimum atomic E-state index is -0.907. The molecule has 0 saturated carbocycles. The summed E-state index contributed by atoms with van der Waals surface area (Å²) >= 11 is 4.58. The minimum absolute atomic E-state index is 0.0742. The van der Waals surface area contributed by atoms with E-state index in [0.717, 1.165) is 15.8 Å². The van der Waals surface area contributed by atoms with Crippen LogP contribution in [-0.2, 0) is 14.3 Å². The van der Waals surface area contributed by atoms with E-state index in [9.17, 15) is 14.4 Å². The number of aromatic nitrogens is 1. The van der Waals surface area contributed by atoms with E-state index in [0.29, 0.717) is 44.4 Å². The summed E-state index contributed by atoms with van der Waals surface area (Å²) in [6.07, 6.45) is 0. The highest BCUT2D eigenvalue weighted by Crippen LogP contribution is 2.40. The van der Waals surface area contributed by atoms with Crippen molar-refractivity contribution in [3.63, 3.8) is 0 Å². The van der Waals surface area contributed by atoms with Crippen LogP contribution in [0.4, 0.5) is 5.69 Å². The average Bonchev–Trinajstić information content (AvgIpc) is 3.66. The maximum atomic E-state index is 14.3. The fraction of sp³-hybridized carbons (Fsp3) is 0.133. The van der Waals surface area contributed by atoms with E-state index in [-0.39, 0.29) is 35.0 Å². The summed E-state index contributed by atoms with van der Waals surface area (Å²) in [4.78, 5) is 46.3. The second-order valence-electron chi connectivity index (χ2n) is 9.38. The molecule has 1 atom stereocenters. The number of carbonyl (C=O) groups is 2. The fourth-order valence-corrected chi connectivity index (χ4v) is 6.71. The molecule has 1 amide bonds. The highest BCUT2D eigenvalue weighted by Gasteiger charge is 2.37. The van der Waals surface area contributed by atoms with E-state index in [1.165, 1.54) is 4.57 Å². The first kappa shape index (κ1) is 25.5. The first-order valence-corrected chi connectivity index (χ1v) is 14.4. The first-order valence-electron chi connectivity index (χ1n) is 12.8. The van der Waals surface area contributed by atoms with Gasteiger partial charge in [0.2, 0.25) is 6.79 Å². The lowest BCUT2D eigenvalue weighted by Gasteiger charge is -2.26. The summed E-state index contributed by atoms with van der Waals surface area (Å²) in [5.41, 5.74) is 2.95. The van der Waals surface area contributed by atoms with Crippen LogP contribution in [-0.4, -0.2) is 29.8 Å². The van der Waals surface area contributed by atoms with E-state index in [4.69, 9.17) is 19.2 Å². The quantitative estimate of drug-likeness (QED) is 0.345. The number of benzene rings is 3. The van der Waals surface area contributed by atoms with Crippen LogP contribution in [0.3, 0.4) is 0 Å². The third-order valence-corrected chi connectivity index (χ3v) is 8.56. The number of hydrogen-bond acceptors (Lipinski definition) is 8. The molecule has 11 heteroatoms. The van der Waals surface area contributed by atoms with Crippen molar-refractivity contribution < 1.29 is 23.8 Å². The maximum Gasteiger partial charge on any atom is 0.338 e. The van der Waals surface area contributed by atoms with Gasteiger partial charge in [-0.3, -0.25) is 14.2 Å². The number of ether oxygens (including phenoxy) is 3.